The highest BCUT2D eigenvalue weighted by atomic mass is 19.4. The maximum Gasteiger partial charge on any atom is 0.416 e. The van der Waals surface area contributed by atoms with E-state index in [4.69, 9.17) is 9.47 Å². The number of alkyl halides is 3. The number of nitrogens with one attached hydrogen (secondary N) is 1. The highest BCUT2D eigenvalue weighted by Gasteiger charge is 2.33. The zero-order valence-electron chi connectivity index (χ0n) is 14.1. The Bertz CT molecular complexity index is 780. The summed E-state index contributed by atoms with van der Waals surface area (Å²) in [7, 11) is 0. The SMILES string of the molecule is CCCOc1ccc(C(F)(F)F)cc1NC(=O)C1Cc2ccccc2O1. The summed E-state index contributed by atoms with van der Waals surface area (Å²) in [6.07, 6.45) is -4.24. The van der Waals surface area contributed by atoms with E-state index in [0.29, 0.717) is 25.2 Å². The summed E-state index contributed by atoms with van der Waals surface area (Å²) in [4.78, 5) is 12.5. The molecule has 7 heteroatoms. The average molecular weight is 365 g/mol. The monoisotopic (exact) mass is 365 g/mol. The smallest absolute Gasteiger partial charge is 0.416 e. The zero-order chi connectivity index (χ0) is 18.7. The lowest BCUT2D eigenvalue weighted by Crippen LogP contribution is -2.31. The van der Waals surface area contributed by atoms with Gasteiger partial charge in [-0.3, -0.25) is 4.79 Å². The molecule has 0 fully saturated rings. The molecule has 0 saturated heterocycles. The standard InChI is InChI=1S/C19H18F3NO3/c1-2-9-25-16-8-7-13(19(20,21)22)11-14(16)23-18(24)17-10-12-5-3-4-6-15(12)26-17/h3-8,11,17H,2,9-10H2,1H3,(H,23,24). The molecule has 1 amide bonds. The summed E-state index contributed by atoms with van der Waals surface area (Å²) in [6.45, 7) is 2.21. The van der Waals surface area contributed by atoms with E-state index >= 15 is 0 Å². The Labute approximate surface area is 148 Å². The molecule has 26 heavy (non-hydrogen) atoms. The number of benzene rings is 2. The van der Waals surface area contributed by atoms with Gasteiger partial charge in [-0.2, -0.15) is 13.2 Å². The molecule has 138 valence electrons. The van der Waals surface area contributed by atoms with Crippen molar-refractivity contribution in [1.29, 1.82) is 0 Å². The van der Waals surface area contributed by atoms with E-state index < -0.39 is 23.8 Å². The second-order valence-electron chi connectivity index (χ2n) is 5.96. The van der Waals surface area contributed by atoms with Crippen molar-refractivity contribution < 1.29 is 27.4 Å². The number of carbonyl (C=O) groups excluding carboxylic acids is 1. The zero-order valence-corrected chi connectivity index (χ0v) is 14.1. The van der Waals surface area contributed by atoms with Crippen molar-refractivity contribution in [3.8, 4) is 11.5 Å². The number of hydrogen-bond acceptors (Lipinski definition) is 3. The van der Waals surface area contributed by atoms with Crippen LogP contribution in [0.4, 0.5) is 18.9 Å². The van der Waals surface area contributed by atoms with Crippen LogP contribution in [0.15, 0.2) is 42.5 Å². The fourth-order valence-electron chi connectivity index (χ4n) is 2.68. The molecule has 1 atom stereocenters. The third-order valence-corrected chi connectivity index (χ3v) is 3.97. The van der Waals surface area contributed by atoms with E-state index in [1.54, 1.807) is 12.1 Å². The van der Waals surface area contributed by atoms with Crippen LogP contribution in [-0.2, 0) is 17.4 Å². The minimum absolute atomic E-state index is 0.0159. The first-order valence-electron chi connectivity index (χ1n) is 8.28. The fourth-order valence-corrected chi connectivity index (χ4v) is 2.68. The minimum atomic E-state index is -4.51. The molecule has 1 heterocycles. The van der Waals surface area contributed by atoms with Crippen molar-refractivity contribution in [3.05, 3.63) is 53.6 Å². The Morgan fingerprint density at radius 1 is 1.27 bits per heavy atom. The van der Waals surface area contributed by atoms with Crippen molar-refractivity contribution in [1.82, 2.24) is 0 Å². The summed E-state index contributed by atoms with van der Waals surface area (Å²) in [5.74, 6) is 0.296. The molecule has 2 aromatic carbocycles. The van der Waals surface area contributed by atoms with Crippen LogP contribution < -0.4 is 14.8 Å². The van der Waals surface area contributed by atoms with Gasteiger partial charge in [-0.05, 0) is 36.2 Å². The number of ether oxygens (including phenoxy) is 2. The molecular weight excluding hydrogens is 347 g/mol. The molecule has 0 bridgehead atoms. The molecule has 0 saturated carbocycles. The van der Waals surface area contributed by atoms with Crippen molar-refractivity contribution in [3.63, 3.8) is 0 Å². The highest BCUT2D eigenvalue weighted by Crippen LogP contribution is 2.36. The van der Waals surface area contributed by atoms with E-state index in [2.05, 4.69) is 5.32 Å². The summed E-state index contributed by atoms with van der Waals surface area (Å²) in [6, 6.07) is 10.3. The van der Waals surface area contributed by atoms with Gasteiger partial charge in [0.2, 0.25) is 0 Å². The Hall–Kier alpha value is -2.70. The number of para-hydroxylation sites is 1. The lowest BCUT2D eigenvalue weighted by atomic mass is 10.1. The van der Waals surface area contributed by atoms with Crippen LogP contribution in [0.5, 0.6) is 11.5 Å². The Kier molecular flexibility index (Phi) is 5.06. The van der Waals surface area contributed by atoms with Gasteiger partial charge in [0.15, 0.2) is 6.10 Å². The molecule has 0 radical (unpaired) electrons. The van der Waals surface area contributed by atoms with Crippen molar-refractivity contribution in [2.75, 3.05) is 11.9 Å². The van der Waals surface area contributed by atoms with Gasteiger partial charge >= 0.3 is 6.18 Å². The van der Waals surface area contributed by atoms with Gasteiger partial charge in [0.1, 0.15) is 11.5 Å². The van der Waals surface area contributed by atoms with Gasteiger partial charge in [-0.15, -0.1) is 0 Å². The number of carbonyl (C=O) groups is 1. The minimum Gasteiger partial charge on any atom is -0.491 e. The lowest BCUT2D eigenvalue weighted by molar-refractivity contribution is -0.137. The first kappa shape index (κ1) is 18.1. The number of rotatable bonds is 5. The van der Waals surface area contributed by atoms with E-state index in [0.717, 1.165) is 17.7 Å². The topological polar surface area (TPSA) is 47.6 Å². The molecule has 0 aromatic heterocycles. The van der Waals surface area contributed by atoms with Crippen molar-refractivity contribution in [2.24, 2.45) is 0 Å². The summed E-state index contributed by atoms with van der Waals surface area (Å²) < 4.78 is 50.0. The second kappa shape index (κ2) is 7.27. The van der Waals surface area contributed by atoms with Gasteiger partial charge < -0.3 is 14.8 Å². The molecule has 0 spiro atoms. The van der Waals surface area contributed by atoms with Gasteiger partial charge in [0, 0.05) is 6.42 Å². The first-order valence-corrected chi connectivity index (χ1v) is 8.28. The van der Waals surface area contributed by atoms with Crippen LogP contribution in [0.3, 0.4) is 0 Å². The van der Waals surface area contributed by atoms with Gasteiger partial charge in [-0.1, -0.05) is 25.1 Å². The molecule has 4 nitrogen and oxygen atoms in total. The predicted octanol–water partition coefficient (Wildman–Crippen LogP) is 4.44. The van der Waals surface area contributed by atoms with Crippen LogP contribution >= 0.6 is 0 Å². The van der Waals surface area contributed by atoms with E-state index in [1.807, 2.05) is 19.1 Å². The van der Waals surface area contributed by atoms with Crippen molar-refractivity contribution in [2.45, 2.75) is 32.0 Å². The van der Waals surface area contributed by atoms with Crippen molar-refractivity contribution >= 4 is 11.6 Å². The quantitative estimate of drug-likeness (QED) is 0.852. The molecule has 2 aromatic rings. The van der Waals surface area contributed by atoms with E-state index in [1.165, 1.54) is 6.07 Å². The number of amides is 1. The maximum atomic E-state index is 13.0. The van der Waals surface area contributed by atoms with E-state index in [-0.39, 0.29) is 11.4 Å². The van der Waals surface area contributed by atoms with Gasteiger partial charge in [0.25, 0.3) is 5.91 Å². The Balaban J connectivity index is 1.80. The molecule has 1 unspecified atom stereocenters. The van der Waals surface area contributed by atoms with Crippen LogP contribution in [0.2, 0.25) is 0 Å². The Morgan fingerprint density at radius 2 is 2.04 bits per heavy atom. The molecule has 1 aliphatic heterocycles. The maximum absolute atomic E-state index is 13.0. The third-order valence-electron chi connectivity index (χ3n) is 3.97. The normalized spacial score (nSPS) is 15.9. The second-order valence-corrected chi connectivity index (χ2v) is 5.96. The molecular formula is C19H18F3NO3. The lowest BCUT2D eigenvalue weighted by Gasteiger charge is -2.17. The fraction of sp³-hybridized carbons (Fsp3) is 0.316. The average Bonchev–Trinajstić information content (AvgIpc) is 3.04. The number of fused-ring (bicyclic) bond motifs is 1. The summed E-state index contributed by atoms with van der Waals surface area (Å²) in [5, 5.41) is 2.52. The van der Waals surface area contributed by atoms with Crippen LogP contribution in [0.25, 0.3) is 0 Å². The van der Waals surface area contributed by atoms with E-state index in [9.17, 15) is 18.0 Å². The first-order chi connectivity index (χ1) is 12.4. The van der Waals surface area contributed by atoms with Crippen LogP contribution in [0.1, 0.15) is 24.5 Å². The molecule has 3 rings (SSSR count). The highest BCUT2D eigenvalue weighted by molar-refractivity contribution is 5.96. The Morgan fingerprint density at radius 3 is 2.73 bits per heavy atom. The largest absolute Gasteiger partial charge is 0.491 e. The number of anilines is 1. The van der Waals surface area contributed by atoms with Gasteiger partial charge in [-0.25, -0.2) is 0 Å². The molecule has 1 N–H and O–H groups in total. The molecule has 1 aliphatic rings. The third kappa shape index (κ3) is 3.92. The summed E-state index contributed by atoms with van der Waals surface area (Å²) in [5.41, 5.74) is 0.0178. The number of hydrogen-bond donors (Lipinski definition) is 1. The number of halogens is 3. The molecule has 0 aliphatic carbocycles. The summed E-state index contributed by atoms with van der Waals surface area (Å²) >= 11 is 0. The van der Waals surface area contributed by atoms with Crippen LogP contribution in [0, 0.1) is 0 Å². The van der Waals surface area contributed by atoms with Crippen LogP contribution in [-0.4, -0.2) is 18.6 Å². The van der Waals surface area contributed by atoms with Gasteiger partial charge in [0.05, 0.1) is 17.9 Å². The predicted molar refractivity (Wildman–Crippen MR) is 90.4 cm³/mol.